The van der Waals surface area contributed by atoms with Crippen LogP contribution in [0.15, 0.2) is 17.6 Å². The van der Waals surface area contributed by atoms with Gasteiger partial charge in [0.1, 0.15) is 5.01 Å². The van der Waals surface area contributed by atoms with Gasteiger partial charge in [0.05, 0.1) is 4.34 Å². The van der Waals surface area contributed by atoms with E-state index in [0.29, 0.717) is 6.04 Å². The van der Waals surface area contributed by atoms with Crippen LogP contribution in [0.25, 0.3) is 0 Å². The van der Waals surface area contributed by atoms with E-state index in [-0.39, 0.29) is 0 Å². The van der Waals surface area contributed by atoms with E-state index in [2.05, 4.69) is 29.5 Å². The first-order chi connectivity index (χ1) is 8.19. The third-order valence-electron chi connectivity index (χ3n) is 2.60. The molecule has 2 nitrogen and oxygen atoms in total. The summed E-state index contributed by atoms with van der Waals surface area (Å²) in [5.74, 6) is 0. The predicted octanol–water partition coefficient (Wildman–Crippen LogP) is 4.27. The molecule has 0 amide bonds. The van der Waals surface area contributed by atoms with E-state index in [1.54, 1.807) is 22.7 Å². The lowest BCUT2D eigenvalue weighted by Gasteiger charge is -2.10. The molecular formula is C12H15ClN2S2. The summed E-state index contributed by atoms with van der Waals surface area (Å²) in [5, 5.41) is 6.71. The number of rotatable bonds is 5. The Kier molecular flexibility index (Phi) is 4.56. The predicted molar refractivity (Wildman–Crippen MR) is 76.1 cm³/mol. The van der Waals surface area contributed by atoms with Crippen LogP contribution in [0.5, 0.6) is 0 Å². The molecule has 5 heteroatoms. The van der Waals surface area contributed by atoms with E-state index < -0.39 is 0 Å². The number of aryl methyl sites for hydroxylation is 1. The minimum atomic E-state index is 0.313. The average molecular weight is 287 g/mol. The molecule has 2 heterocycles. The minimum Gasteiger partial charge on any atom is -0.304 e. The van der Waals surface area contributed by atoms with Crippen molar-refractivity contribution in [2.24, 2.45) is 0 Å². The third-order valence-corrected chi connectivity index (χ3v) is 4.85. The molecule has 0 aromatic carbocycles. The summed E-state index contributed by atoms with van der Waals surface area (Å²) in [6, 6.07) is 2.33. The van der Waals surface area contributed by atoms with Gasteiger partial charge in [-0.25, -0.2) is 4.98 Å². The molecule has 0 spiro atoms. The lowest BCUT2D eigenvalue weighted by Crippen LogP contribution is -2.17. The van der Waals surface area contributed by atoms with Crippen LogP contribution in [-0.2, 0) is 13.0 Å². The third kappa shape index (κ3) is 3.52. The van der Waals surface area contributed by atoms with Crippen molar-refractivity contribution >= 4 is 34.3 Å². The Morgan fingerprint density at radius 3 is 2.94 bits per heavy atom. The fraction of sp³-hybridized carbons (Fsp3) is 0.417. The zero-order valence-electron chi connectivity index (χ0n) is 9.87. The fourth-order valence-corrected chi connectivity index (χ4v) is 3.30. The van der Waals surface area contributed by atoms with Gasteiger partial charge in [0.25, 0.3) is 0 Å². The summed E-state index contributed by atoms with van der Waals surface area (Å²) in [7, 11) is 0. The first kappa shape index (κ1) is 13.0. The van der Waals surface area contributed by atoms with E-state index in [1.807, 2.05) is 12.3 Å². The molecule has 0 aliphatic heterocycles. The molecule has 0 aliphatic carbocycles. The number of halogens is 1. The molecule has 2 aromatic rings. The fourth-order valence-electron chi connectivity index (χ4n) is 1.50. The van der Waals surface area contributed by atoms with Crippen LogP contribution in [0, 0.1) is 0 Å². The Morgan fingerprint density at radius 1 is 1.53 bits per heavy atom. The SMILES string of the molecule is CCc1cnc(CNC(C)c2csc(Cl)c2)s1. The zero-order chi connectivity index (χ0) is 12.3. The lowest BCUT2D eigenvalue weighted by atomic mass is 10.2. The summed E-state index contributed by atoms with van der Waals surface area (Å²) < 4.78 is 0.844. The van der Waals surface area contributed by atoms with Gasteiger partial charge in [-0.3, -0.25) is 0 Å². The van der Waals surface area contributed by atoms with E-state index in [0.717, 1.165) is 22.3 Å². The second-order valence-electron chi connectivity index (χ2n) is 3.86. The summed E-state index contributed by atoms with van der Waals surface area (Å²) in [4.78, 5) is 5.73. The van der Waals surface area contributed by atoms with Crippen LogP contribution >= 0.6 is 34.3 Å². The highest BCUT2D eigenvalue weighted by Crippen LogP contribution is 2.25. The van der Waals surface area contributed by atoms with Crippen LogP contribution in [0.2, 0.25) is 4.34 Å². The number of thiophene rings is 1. The maximum atomic E-state index is 5.92. The maximum Gasteiger partial charge on any atom is 0.107 e. The van der Waals surface area contributed by atoms with Crippen LogP contribution in [0.1, 0.15) is 35.3 Å². The summed E-state index contributed by atoms with van der Waals surface area (Å²) in [6.07, 6.45) is 3.03. The summed E-state index contributed by atoms with van der Waals surface area (Å²) >= 11 is 9.28. The topological polar surface area (TPSA) is 24.9 Å². The van der Waals surface area contributed by atoms with Gasteiger partial charge in [0.2, 0.25) is 0 Å². The summed E-state index contributed by atoms with van der Waals surface area (Å²) in [6.45, 7) is 5.12. The lowest BCUT2D eigenvalue weighted by molar-refractivity contribution is 0.575. The number of nitrogens with one attached hydrogen (secondary N) is 1. The van der Waals surface area contributed by atoms with Crippen LogP contribution < -0.4 is 5.32 Å². The summed E-state index contributed by atoms with van der Waals surface area (Å²) in [5.41, 5.74) is 1.24. The van der Waals surface area contributed by atoms with Crippen LogP contribution in [-0.4, -0.2) is 4.98 Å². The second kappa shape index (κ2) is 5.96. The van der Waals surface area contributed by atoms with Crippen molar-refractivity contribution in [3.63, 3.8) is 0 Å². The average Bonchev–Trinajstić information content (AvgIpc) is 2.94. The van der Waals surface area contributed by atoms with E-state index in [1.165, 1.54) is 10.4 Å². The molecule has 1 N–H and O–H groups in total. The highest BCUT2D eigenvalue weighted by atomic mass is 35.5. The number of nitrogens with zero attached hydrogens (tertiary/aromatic N) is 1. The number of hydrogen-bond acceptors (Lipinski definition) is 4. The van der Waals surface area contributed by atoms with Crippen molar-refractivity contribution in [2.75, 3.05) is 0 Å². The smallest absolute Gasteiger partial charge is 0.107 e. The first-order valence-electron chi connectivity index (χ1n) is 5.60. The maximum absolute atomic E-state index is 5.92. The minimum absolute atomic E-state index is 0.313. The van der Waals surface area contributed by atoms with Gasteiger partial charge in [0.15, 0.2) is 0 Å². The Labute approximate surface area is 115 Å². The molecular weight excluding hydrogens is 272 g/mol. The Hall–Kier alpha value is -0.420. The van der Waals surface area contributed by atoms with E-state index in [4.69, 9.17) is 11.6 Å². The van der Waals surface area contributed by atoms with Gasteiger partial charge in [0, 0.05) is 23.7 Å². The number of aromatic nitrogens is 1. The van der Waals surface area contributed by atoms with Crippen LogP contribution in [0.3, 0.4) is 0 Å². The molecule has 0 bridgehead atoms. The number of thiazole rings is 1. The van der Waals surface area contributed by atoms with Crippen molar-refractivity contribution in [2.45, 2.75) is 32.9 Å². The molecule has 92 valence electrons. The molecule has 0 saturated heterocycles. The highest BCUT2D eigenvalue weighted by Gasteiger charge is 2.08. The van der Waals surface area contributed by atoms with Gasteiger partial charge in [-0.05, 0) is 30.4 Å². The van der Waals surface area contributed by atoms with Gasteiger partial charge in [-0.2, -0.15) is 0 Å². The molecule has 1 unspecified atom stereocenters. The molecule has 2 aromatic heterocycles. The second-order valence-corrected chi connectivity index (χ2v) is 6.60. The quantitative estimate of drug-likeness (QED) is 0.888. The molecule has 0 saturated carbocycles. The zero-order valence-corrected chi connectivity index (χ0v) is 12.3. The molecule has 1 atom stereocenters. The Bertz CT molecular complexity index is 478. The van der Waals surface area contributed by atoms with Crippen molar-refractivity contribution < 1.29 is 0 Å². The van der Waals surface area contributed by atoms with Gasteiger partial charge in [-0.1, -0.05) is 18.5 Å². The van der Waals surface area contributed by atoms with Gasteiger partial charge < -0.3 is 5.32 Å². The standard InChI is InChI=1S/C12H15ClN2S2/c1-3-10-5-15-12(17-10)6-14-8(2)9-4-11(13)16-7-9/h4-5,7-8,14H,3,6H2,1-2H3. The largest absolute Gasteiger partial charge is 0.304 e. The molecule has 0 aliphatic rings. The van der Waals surface area contributed by atoms with Crippen LogP contribution in [0.4, 0.5) is 0 Å². The molecule has 0 radical (unpaired) electrons. The Morgan fingerprint density at radius 2 is 2.35 bits per heavy atom. The van der Waals surface area contributed by atoms with Gasteiger partial charge >= 0.3 is 0 Å². The number of hydrogen-bond donors (Lipinski definition) is 1. The first-order valence-corrected chi connectivity index (χ1v) is 7.67. The van der Waals surface area contributed by atoms with Crippen molar-refractivity contribution in [3.05, 3.63) is 37.4 Å². The van der Waals surface area contributed by atoms with Crippen molar-refractivity contribution in [3.8, 4) is 0 Å². The van der Waals surface area contributed by atoms with E-state index in [9.17, 15) is 0 Å². The highest BCUT2D eigenvalue weighted by molar-refractivity contribution is 7.14. The molecule has 17 heavy (non-hydrogen) atoms. The van der Waals surface area contributed by atoms with Gasteiger partial charge in [-0.15, -0.1) is 22.7 Å². The molecule has 2 rings (SSSR count). The van der Waals surface area contributed by atoms with Crippen molar-refractivity contribution in [1.29, 1.82) is 0 Å². The normalized spacial score (nSPS) is 12.9. The van der Waals surface area contributed by atoms with Crippen molar-refractivity contribution in [1.82, 2.24) is 10.3 Å². The van der Waals surface area contributed by atoms with E-state index >= 15 is 0 Å². The molecule has 0 fully saturated rings. The Balaban J connectivity index is 1.89. The monoisotopic (exact) mass is 286 g/mol.